The molecule has 0 spiro atoms. The molecule has 0 aromatic heterocycles. The van der Waals surface area contributed by atoms with Crippen LogP contribution in [0.3, 0.4) is 0 Å². The minimum atomic E-state index is -0.397. The molecule has 2 N–H and O–H groups in total. The van der Waals surface area contributed by atoms with Crippen molar-refractivity contribution in [3.63, 3.8) is 0 Å². The van der Waals surface area contributed by atoms with Crippen molar-refractivity contribution in [3.8, 4) is 5.75 Å². The number of carbonyl (C=O) groups is 1. The van der Waals surface area contributed by atoms with Gasteiger partial charge in [-0.1, -0.05) is 88.4 Å². The zero-order valence-corrected chi connectivity index (χ0v) is 16.4. The molecule has 0 aliphatic rings. The Morgan fingerprint density at radius 2 is 1.48 bits per heavy atom. The largest absolute Gasteiger partial charge is 0.507 e. The normalized spacial score (nSPS) is 12.5. The van der Waals surface area contributed by atoms with Gasteiger partial charge in [0.25, 0.3) is 0 Å². The predicted molar refractivity (Wildman–Crippen MR) is 111 cm³/mol. The van der Waals surface area contributed by atoms with Crippen molar-refractivity contribution < 1.29 is 9.90 Å². The number of carbonyl (C=O) groups excluding carboxylic acids is 1. The van der Waals surface area contributed by atoms with Crippen molar-refractivity contribution in [1.29, 1.82) is 0 Å². The van der Waals surface area contributed by atoms with Gasteiger partial charge in [0.15, 0.2) is 0 Å². The highest BCUT2D eigenvalue weighted by atomic mass is 16.3. The molecule has 3 aromatic carbocycles. The van der Waals surface area contributed by atoms with E-state index in [0.29, 0.717) is 11.5 Å². The summed E-state index contributed by atoms with van der Waals surface area (Å²) < 4.78 is 0. The van der Waals surface area contributed by atoms with Crippen LogP contribution in [0.2, 0.25) is 0 Å². The van der Waals surface area contributed by atoms with Crippen LogP contribution in [0.15, 0.2) is 60.7 Å². The molecule has 0 bridgehead atoms. The molecule has 0 radical (unpaired) electrons. The van der Waals surface area contributed by atoms with Crippen molar-refractivity contribution in [2.24, 2.45) is 5.92 Å². The summed E-state index contributed by atoms with van der Waals surface area (Å²) in [5.41, 5.74) is 2.91. The molecule has 0 aliphatic carbocycles. The third-order valence-electron chi connectivity index (χ3n) is 4.99. The third-order valence-corrected chi connectivity index (χ3v) is 4.99. The van der Waals surface area contributed by atoms with Crippen LogP contribution in [0.25, 0.3) is 10.8 Å². The molecule has 3 rings (SSSR count). The van der Waals surface area contributed by atoms with E-state index in [1.807, 2.05) is 62.4 Å². The number of phenols is 1. The molecule has 0 fully saturated rings. The highest BCUT2D eigenvalue weighted by molar-refractivity contribution is 5.90. The van der Waals surface area contributed by atoms with Crippen LogP contribution in [0, 0.1) is 5.92 Å². The number of phenolic OH excluding ortho intramolecular Hbond substituents is 1. The Balaban J connectivity index is 2.09. The lowest BCUT2D eigenvalue weighted by atomic mass is 9.92. The summed E-state index contributed by atoms with van der Waals surface area (Å²) in [5.74, 6) is 0.484. The highest BCUT2D eigenvalue weighted by Gasteiger charge is 2.22. The van der Waals surface area contributed by atoms with Gasteiger partial charge in [0.1, 0.15) is 5.75 Å². The van der Waals surface area contributed by atoms with E-state index < -0.39 is 6.04 Å². The van der Waals surface area contributed by atoms with Crippen LogP contribution in [0.4, 0.5) is 0 Å². The molecule has 0 saturated carbocycles. The minimum absolute atomic E-state index is 0.0412. The minimum Gasteiger partial charge on any atom is -0.507 e. The average molecular weight is 361 g/mol. The fraction of sp³-hybridized carbons (Fsp3) is 0.292. The van der Waals surface area contributed by atoms with E-state index in [1.165, 1.54) is 5.56 Å². The summed E-state index contributed by atoms with van der Waals surface area (Å²) in [4.78, 5) is 12.5. The number of hydrogen-bond acceptors (Lipinski definition) is 2. The monoisotopic (exact) mass is 361 g/mol. The van der Waals surface area contributed by atoms with E-state index in [4.69, 9.17) is 0 Å². The topological polar surface area (TPSA) is 49.3 Å². The predicted octanol–water partition coefficient (Wildman–Crippen LogP) is 5.53. The molecule has 1 amide bonds. The number of fused-ring (bicyclic) bond motifs is 1. The first-order valence-corrected chi connectivity index (χ1v) is 9.49. The summed E-state index contributed by atoms with van der Waals surface area (Å²) in [7, 11) is 0. The quantitative estimate of drug-likeness (QED) is 0.628. The van der Waals surface area contributed by atoms with Crippen molar-refractivity contribution in [2.75, 3.05) is 0 Å². The number of hydrogen-bond donors (Lipinski definition) is 2. The van der Waals surface area contributed by atoms with E-state index in [1.54, 1.807) is 0 Å². The number of amides is 1. The van der Waals surface area contributed by atoms with E-state index in [2.05, 4.69) is 31.3 Å². The summed E-state index contributed by atoms with van der Waals surface area (Å²) in [6, 6.07) is 19.5. The standard InChI is InChI=1S/C24H27NO2/c1-15(2)17-9-11-19(12-10-17)22(25-24(27)16(3)4)21-14-13-18-7-5-6-8-20(18)23(21)26/h5-16,22,26H,1-4H3,(H,25,27)/t22-/m1/s1. The Morgan fingerprint density at radius 1 is 0.852 bits per heavy atom. The Kier molecular flexibility index (Phi) is 5.50. The number of rotatable bonds is 5. The lowest BCUT2D eigenvalue weighted by Gasteiger charge is -2.23. The van der Waals surface area contributed by atoms with E-state index >= 15 is 0 Å². The van der Waals surface area contributed by atoms with Gasteiger partial charge in [0.2, 0.25) is 5.91 Å². The Bertz CT molecular complexity index is 942. The maximum absolute atomic E-state index is 12.5. The first-order chi connectivity index (χ1) is 12.9. The summed E-state index contributed by atoms with van der Waals surface area (Å²) in [6.45, 7) is 8.05. The molecule has 140 valence electrons. The Hall–Kier alpha value is -2.81. The maximum Gasteiger partial charge on any atom is 0.223 e. The SMILES string of the molecule is CC(C)C(=O)N[C@H](c1ccc(C(C)C)cc1)c1ccc2ccccc2c1O. The number of nitrogens with one attached hydrogen (secondary N) is 1. The smallest absolute Gasteiger partial charge is 0.223 e. The van der Waals surface area contributed by atoms with Gasteiger partial charge in [0, 0.05) is 16.9 Å². The highest BCUT2D eigenvalue weighted by Crippen LogP contribution is 2.36. The molecular formula is C24H27NO2. The van der Waals surface area contributed by atoms with E-state index in [-0.39, 0.29) is 17.6 Å². The van der Waals surface area contributed by atoms with E-state index in [0.717, 1.165) is 16.3 Å². The van der Waals surface area contributed by atoms with Crippen LogP contribution in [-0.2, 0) is 4.79 Å². The zero-order valence-electron chi connectivity index (χ0n) is 16.4. The van der Waals surface area contributed by atoms with Crippen LogP contribution in [-0.4, -0.2) is 11.0 Å². The maximum atomic E-state index is 12.5. The van der Waals surface area contributed by atoms with Crippen molar-refractivity contribution in [2.45, 2.75) is 39.7 Å². The van der Waals surface area contributed by atoms with Gasteiger partial charge < -0.3 is 10.4 Å². The molecule has 0 saturated heterocycles. The molecule has 27 heavy (non-hydrogen) atoms. The average Bonchev–Trinajstić information content (AvgIpc) is 2.67. The molecule has 0 heterocycles. The Morgan fingerprint density at radius 3 is 2.11 bits per heavy atom. The summed E-state index contributed by atoms with van der Waals surface area (Å²) in [6.07, 6.45) is 0. The lowest BCUT2D eigenvalue weighted by molar-refractivity contribution is -0.124. The third kappa shape index (κ3) is 3.97. The number of benzene rings is 3. The molecule has 1 atom stereocenters. The molecule has 0 aliphatic heterocycles. The first-order valence-electron chi connectivity index (χ1n) is 9.49. The van der Waals surface area contributed by atoms with Crippen LogP contribution >= 0.6 is 0 Å². The van der Waals surface area contributed by atoms with Crippen LogP contribution in [0.5, 0.6) is 5.75 Å². The van der Waals surface area contributed by atoms with Gasteiger partial charge in [-0.2, -0.15) is 0 Å². The molecule has 3 aromatic rings. The molecule has 3 nitrogen and oxygen atoms in total. The molecule has 3 heteroatoms. The Labute approximate surface area is 161 Å². The second-order valence-electron chi connectivity index (χ2n) is 7.64. The van der Waals surface area contributed by atoms with Gasteiger partial charge in [-0.25, -0.2) is 0 Å². The first kappa shape index (κ1) is 19.0. The number of aromatic hydroxyl groups is 1. The fourth-order valence-corrected chi connectivity index (χ4v) is 3.23. The van der Waals surface area contributed by atoms with Crippen molar-refractivity contribution >= 4 is 16.7 Å². The zero-order chi connectivity index (χ0) is 19.6. The molecule has 0 unspecified atom stereocenters. The summed E-state index contributed by atoms with van der Waals surface area (Å²) >= 11 is 0. The van der Waals surface area contributed by atoms with Gasteiger partial charge in [-0.15, -0.1) is 0 Å². The lowest BCUT2D eigenvalue weighted by Crippen LogP contribution is -2.32. The van der Waals surface area contributed by atoms with Crippen LogP contribution < -0.4 is 5.32 Å². The van der Waals surface area contributed by atoms with Gasteiger partial charge in [-0.3, -0.25) is 4.79 Å². The fourth-order valence-electron chi connectivity index (χ4n) is 3.23. The molecular weight excluding hydrogens is 334 g/mol. The van der Waals surface area contributed by atoms with Gasteiger partial charge >= 0.3 is 0 Å². The van der Waals surface area contributed by atoms with Crippen LogP contribution in [0.1, 0.15) is 56.3 Å². The van der Waals surface area contributed by atoms with Crippen molar-refractivity contribution in [3.05, 3.63) is 77.4 Å². The van der Waals surface area contributed by atoms with E-state index in [9.17, 15) is 9.90 Å². The second kappa shape index (κ2) is 7.83. The summed E-state index contributed by atoms with van der Waals surface area (Å²) in [5, 5.41) is 15.8. The van der Waals surface area contributed by atoms with Crippen molar-refractivity contribution in [1.82, 2.24) is 5.32 Å². The van der Waals surface area contributed by atoms with Gasteiger partial charge in [0.05, 0.1) is 6.04 Å². The van der Waals surface area contributed by atoms with Gasteiger partial charge in [-0.05, 0) is 22.4 Å². The second-order valence-corrected chi connectivity index (χ2v) is 7.64.